The van der Waals surface area contributed by atoms with Gasteiger partial charge in [0, 0.05) is 16.1 Å². The smallest absolute Gasteiger partial charge is 0.308 e. The second-order valence-corrected chi connectivity index (χ2v) is 6.70. The number of nitrogens with zero attached hydrogens (tertiary/aromatic N) is 1. The molecule has 122 valence electrons. The van der Waals surface area contributed by atoms with E-state index in [1.807, 2.05) is 62.4 Å². The summed E-state index contributed by atoms with van der Waals surface area (Å²) in [6.45, 7) is 4.08. The fraction of sp³-hybridized carbons (Fsp3) is 0.158. The molecule has 0 atom stereocenters. The summed E-state index contributed by atoms with van der Waals surface area (Å²) in [5.41, 5.74) is 4.95. The fourth-order valence-electron chi connectivity index (χ4n) is 2.60. The number of aliphatic carboxylic acids is 1. The Hall–Kier alpha value is -2.66. The van der Waals surface area contributed by atoms with Crippen LogP contribution in [0.3, 0.4) is 0 Å². The van der Waals surface area contributed by atoms with E-state index in [4.69, 9.17) is 0 Å². The van der Waals surface area contributed by atoms with E-state index >= 15 is 0 Å². The molecule has 3 aromatic rings. The molecular formula is C19H18N2O2S. The number of carboxylic acids is 1. The molecule has 0 bridgehead atoms. The maximum atomic E-state index is 11.2. The minimum Gasteiger partial charge on any atom is -0.481 e. The van der Waals surface area contributed by atoms with E-state index in [9.17, 15) is 9.90 Å². The Kier molecular flexibility index (Phi) is 4.62. The maximum absolute atomic E-state index is 11.2. The zero-order valence-corrected chi connectivity index (χ0v) is 14.4. The highest BCUT2D eigenvalue weighted by Crippen LogP contribution is 2.34. The van der Waals surface area contributed by atoms with Crippen molar-refractivity contribution in [1.29, 1.82) is 0 Å². The van der Waals surface area contributed by atoms with Crippen LogP contribution >= 0.6 is 11.3 Å². The first-order valence-corrected chi connectivity index (χ1v) is 8.46. The summed E-state index contributed by atoms with van der Waals surface area (Å²) in [4.78, 5) is 16.6. The van der Waals surface area contributed by atoms with Gasteiger partial charge in [0.1, 0.15) is 0 Å². The number of rotatable bonds is 5. The predicted molar refractivity (Wildman–Crippen MR) is 98.1 cm³/mol. The average molecular weight is 338 g/mol. The van der Waals surface area contributed by atoms with Crippen molar-refractivity contribution in [1.82, 2.24) is 4.98 Å². The molecule has 0 radical (unpaired) electrons. The standard InChI is InChI=1S/C19H18N2O2S/c1-12-7-6-8-13(2)17(12)20-19-21-18(14-9-4-3-5-10-14)15(24-19)11-16(22)23/h3-10H,11H2,1-2H3,(H,20,21)(H,22,23). The molecule has 2 N–H and O–H groups in total. The predicted octanol–water partition coefficient (Wildman–Crippen LogP) is 4.80. The average Bonchev–Trinajstić information content (AvgIpc) is 2.94. The van der Waals surface area contributed by atoms with Gasteiger partial charge in [-0.25, -0.2) is 4.98 Å². The number of aromatic nitrogens is 1. The van der Waals surface area contributed by atoms with Gasteiger partial charge in [-0.1, -0.05) is 48.5 Å². The second kappa shape index (κ2) is 6.84. The van der Waals surface area contributed by atoms with Gasteiger partial charge in [0.2, 0.25) is 0 Å². The lowest BCUT2D eigenvalue weighted by molar-refractivity contribution is -0.136. The summed E-state index contributed by atoms with van der Waals surface area (Å²) in [7, 11) is 0. The van der Waals surface area contributed by atoms with Crippen LogP contribution in [-0.2, 0) is 11.2 Å². The third-order valence-electron chi connectivity index (χ3n) is 3.77. The monoisotopic (exact) mass is 338 g/mol. The van der Waals surface area contributed by atoms with Crippen molar-refractivity contribution in [3.05, 3.63) is 64.5 Å². The molecule has 2 aromatic carbocycles. The molecular weight excluding hydrogens is 320 g/mol. The summed E-state index contributed by atoms with van der Waals surface area (Å²) >= 11 is 1.39. The number of carbonyl (C=O) groups is 1. The normalized spacial score (nSPS) is 10.6. The molecule has 0 fully saturated rings. The van der Waals surface area contributed by atoms with Gasteiger partial charge in [0.05, 0.1) is 12.1 Å². The first-order chi connectivity index (χ1) is 11.5. The van der Waals surface area contributed by atoms with Gasteiger partial charge in [0.25, 0.3) is 0 Å². The number of hydrogen-bond donors (Lipinski definition) is 2. The van der Waals surface area contributed by atoms with E-state index in [0.29, 0.717) is 5.13 Å². The molecule has 5 heteroatoms. The lowest BCUT2D eigenvalue weighted by Gasteiger charge is -2.09. The molecule has 4 nitrogen and oxygen atoms in total. The molecule has 24 heavy (non-hydrogen) atoms. The fourth-order valence-corrected chi connectivity index (χ4v) is 3.58. The molecule has 3 rings (SSSR count). The van der Waals surface area contributed by atoms with Crippen LogP contribution in [-0.4, -0.2) is 16.1 Å². The number of nitrogens with one attached hydrogen (secondary N) is 1. The van der Waals surface area contributed by atoms with E-state index in [0.717, 1.165) is 32.9 Å². The summed E-state index contributed by atoms with van der Waals surface area (Å²) in [6.07, 6.45) is -0.0314. The van der Waals surface area contributed by atoms with Crippen LogP contribution < -0.4 is 5.32 Å². The van der Waals surface area contributed by atoms with Crippen molar-refractivity contribution < 1.29 is 9.90 Å². The lowest BCUT2D eigenvalue weighted by atomic mass is 10.1. The van der Waals surface area contributed by atoms with Crippen molar-refractivity contribution in [3.63, 3.8) is 0 Å². The van der Waals surface area contributed by atoms with E-state index < -0.39 is 5.97 Å². The van der Waals surface area contributed by atoms with Crippen LogP contribution in [0.1, 0.15) is 16.0 Å². The molecule has 0 saturated carbocycles. The highest BCUT2D eigenvalue weighted by atomic mass is 32.1. The number of carboxylic acid groups (broad SMARTS) is 1. The molecule has 0 saturated heterocycles. The Bertz CT molecular complexity index is 852. The van der Waals surface area contributed by atoms with Crippen LogP contribution in [0.2, 0.25) is 0 Å². The third kappa shape index (κ3) is 3.46. The van der Waals surface area contributed by atoms with Crippen molar-refractivity contribution in [2.24, 2.45) is 0 Å². The van der Waals surface area contributed by atoms with Gasteiger partial charge in [-0.05, 0) is 25.0 Å². The van der Waals surface area contributed by atoms with Crippen LogP contribution in [0.15, 0.2) is 48.5 Å². The lowest BCUT2D eigenvalue weighted by Crippen LogP contribution is -1.99. The summed E-state index contributed by atoms with van der Waals surface area (Å²) in [5.74, 6) is -0.852. The Balaban J connectivity index is 2.01. The molecule has 0 aliphatic carbocycles. The molecule has 0 unspecified atom stereocenters. The van der Waals surface area contributed by atoms with Crippen LogP contribution in [0, 0.1) is 13.8 Å². The van der Waals surface area contributed by atoms with Gasteiger partial charge in [-0.2, -0.15) is 0 Å². The quantitative estimate of drug-likeness (QED) is 0.701. The van der Waals surface area contributed by atoms with Gasteiger partial charge < -0.3 is 10.4 Å². The molecule has 1 heterocycles. The largest absolute Gasteiger partial charge is 0.481 e. The number of aryl methyl sites for hydroxylation is 2. The zero-order chi connectivity index (χ0) is 17.1. The number of benzene rings is 2. The van der Waals surface area contributed by atoms with Crippen molar-refractivity contribution in [3.8, 4) is 11.3 Å². The number of hydrogen-bond acceptors (Lipinski definition) is 4. The molecule has 0 spiro atoms. The summed E-state index contributed by atoms with van der Waals surface area (Å²) < 4.78 is 0. The van der Waals surface area contributed by atoms with E-state index in [1.165, 1.54) is 11.3 Å². The second-order valence-electron chi connectivity index (χ2n) is 5.62. The first kappa shape index (κ1) is 16.2. The van der Waals surface area contributed by atoms with Crippen LogP contribution in [0.25, 0.3) is 11.3 Å². The Labute approximate surface area is 144 Å². The third-order valence-corrected chi connectivity index (χ3v) is 4.74. The summed E-state index contributed by atoms with van der Waals surface area (Å²) in [5, 5.41) is 13.3. The van der Waals surface area contributed by atoms with Crippen molar-refractivity contribution in [2.75, 3.05) is 5.32 Å². The Morgan fingerprint density at radius 1 is 1.08 bits per heavy atom. The highest BCUT2D eigenvalue weighted by Gasteiger charge is 2.16. The topological polar surface area (TPSA) is 62.2 Å². The van der Waals surface area contributed by atoms with Crippen molar-refractivity contribution in [2.45, 2.75) is 20.3 Å². The molecule has 0 amide bonds. The minimum absolute atomic E-state index is 0.0314. The molecule has 1 aromatic heterocycles. The van der Waals surface area contributed by atoms with Gasteiger partial charge >= 0.3 is 5.97 Å². The van der Waals surface area contributed by atoms with Crippen molar-refractivity contribution >= 4 is 28.1 Å². The Morgan fingerprint density at radius 2 is 1.75 bits per heavy atom. The Morgan fingerprint density at radius 3 is 2.38 bits per heavy atom. The van der Waals surface area contributed by atoms with Gasteiger partial charge in [-0.15, -0.1) is 11.3 Å². The first-order valence-electron chi connectivity index (χ1n) is 7.65. The zero-order valence-electron chi connectivity index (χ0n) is 13.5. The molecule has 0 aliphatic heterocycles. The maximum Gasteiger partial charge on any atom is 0.308 e. The van der Waals surface area contributed by atoms with E-state index in [-0.39, 0.29) is 6.42 Å². The van der Waals surface area contributed by atoms with E-state index in [2.05, 4.69) is 10.3 Å². The van der Waals surface area contributed by atoms with Gasteiger partial charge in [-0.3, -0.25) is 4.79 Å². The summed E-state index contributed by atoms with van der Waals surface area (Å²) in [6, 6.07) is 15.8. The van der Waals surface area contributed by atoms with Gasteiger partial charge in [0.15, 0.2) is 5.13 Å². The van der Waals surface area contributed by atoms with Crippen LogP contribution in [0.4, 0.5) is 10.8 Å². The van der Waals surface area contributed by atoms with Crippen LogP contribution in [0.5, 0.6) is 0 Å². The highest BCUT2D eigenvalue weighted by molar-refractivity contribution is 7.16. The number of thiazole rings is 1. The van der Waals surface area contributed by atoms with E-state index in [1.54, 1.807) is 0 Å². The number of para-hydroxylation sites is 1. The number of anilines is 2. The SMILES string of the molecule is Cc1cccc(C)c1Nc1nc(-c2ccccc2)c(CC(=O)O)s1. The minimum atomic E-state index is -0.852. The molecule has 0 aliphatic rings.